The van der Waals surface area contributed by atoms with E-state index in [4.69, 9.17) is 14.0 Å². The molecule has 0 atom stereocenters. The quantitative estimate of drug-likeness (QED) is 0.477. The number of phenolic OH excluding ortho intramolecular Hbond substituents is 1. The van der Waals surface area contributed by atoms with Crippen molar-refractivity contribution in [3.8, 4) is 5.75 Å². The Morgan fingerprint density at radius 3 is 2.23 bits per heavy atom. The molecule has 3 rings (SSSR count). The predicted molar refractivity (Wildman–Crippen MR) is 122 cm³/mol. The molecule has 2 aromatic rings. The van der Waals surface area contributed by atoms with Gasteiger partial charge in [0.2, 0.25) is 0 Å². The zero-order valence-corrected chi connectivity index (χ0v) is 19.0. The average molecular weight is 410 g/mol. The van der Waals surface area contributed by atoms with Crippen molar-refractivity contribution >= 4 is 12.6 Å². The maximum atomic E-state index is 10.8. The lowest BCUT2D eigenvalue weighted by molar-refractivity contribution is 0.00578. The molecule has 2 aromatic carbocycles. The Bertz CT molecular complexity index is 817. The molecule has 0 saturated carbocycles. The Morgan fingerprint density at radius 1 is 0.933 bits per heavy atom. The molecule has 0 bridgehead atoms. The Hall–Kier alpha value is -1.82. The van der Waals surface area contributed by atoms with E-state index in [1.54, 1.807) is 0 Å². The standard InChI is InChI=1S/C25H35BO4/c1-6-7-11-20-16-22(26-29-24(2,3)25(4,5)30-26)21(23(27)17-20)14-15-28-18-19-12-9-8-10-13-19/h8-10,12-13,16-17,27H,6-7,11,14-15,18H2,1-5H3. The zero-order chi connectivity index (χ0) is 21.8. The highest BCUT2D eigenvalue weighted by molar-refractivity contribution is 6.62. The number of rotatable bonds is 9. The molecule has 5 heteroatoms. The molecule has 30 heavy (non-hydrogen) atoms. The van der Waals surface area contributed by atoms with Gasteiger partial charge in [0.15, 0.2) is 0 Å². The van der Waals surface area contributed by atoms with Crippen molar-refractivity contribution in [2.75, 3.05) is 6.61 Å². The molecule has 162 valence electrons. The van der Waals surface area contributed by atoms with Crippen molar-refractivity contribution in [2.45, 2.75) is 78.1 Å². The molecule has 4 nitrogen and oxygen atoms in total. The Labute approximate surface area is 181 Å². The lowest BCUT2D eigenvalue weighted by Crippen LogP contribution is -2.41. The fraction of sp³-hybridized carbons (Fsp3) is 0.520. The first-order valence-corrected chi connectivity index (χ1v) is 11.1. The number of ether oxygens (including phenoxy) is 1. The second-order valence-electron chi connectivity index (χ2n) is 9.16. The van der Waals surface area contributed by atoms with E-state index in [2.05, 4.69) is 52.8 Å². The molecular formula is C25H35BO4. The van der Waals surface area contributed by atoms with Crippen LogP contribution in [0, 0.1) is 0 Å². The smallest absolute Gasteiger partial charge is 0.495 e. The number of hydrogen-bond acceptors (Lipinski definition) is 4. The van der Waals surface area contributed by atoms with Crippen molar-refractivity contribution in [2.24, 2.45) is 0 Å². The number of aromatic hydroxyl groups is 1. The molecule has 0 amide bonds. The van der Waals surface area contributed by atoms with Crippen LogP contribution in [0.4, 0.5) is 0 Å². The lowest BCUT2D eigenvalue weighted by atomic mass is 9.74. The molecule has 0 spiro atoms. The van der Waals surface area contributed by atoms with Crippen LogP contribution in [0.3, 0.4) is 0 Å². The second kappa shape index (κ2) is 9.55. The lowest BCUT2D eigenvalue weighted by Gasteiger charge is -2.32. The first-order chi connectivity index (χ1) is 14.2. The van der Waals surface area contributed by atoms with Crippen LogP contribution >= 0.6 is 0 Å². The Morgan fingerprint density at radius 2 is 1.60 bits per heavy atom. The monoisotopic (exact) mass is 410 g/mol. The maximum Gasteiger partial charge on any atom is 0.495 e. The van der Waals surface area contributed by atoms with E-state index in [0.717, 1.165) is 41.4 Å². The first kappa shape index (κ1) is 22.9. The summed E-state index contributed by atoms with van der Waals surface area (Å²) in [6.07, 6.45) is 3.73. The summed E-state index contributed by atoms with van der Waals surface area (Å²) in [6, 6.07) is 14.1. The highest BCUT2D eigenvalue weighted by Crippen LogP contribution is 2.37. The van der Waals surface area contributed by atoms with E-state index in [0.29, 0.717) is 25.4 Å². The van der Waals surface area contributed by atoms with Crippen LogP contribution in [0.25, 0.3) is 0 Å². The number of phenols is 1. The molecule has 0 aromatic heterocycles. The van der Waals surface area contributed by atoms with E-state index < -0.39 is 18.3 Å². The van der Waals surface area contributed by atoms with Gasteiger partial charge in [0, 0.05) is 0 Å². The summed E-state index contributed by atoms with van der Waals surface area (Å²) in [7, 11) is -0.494. The molecule has 1 heterocycles. The summed E-state index contributed by atoms with van der Waals surface area (Å²) in [5.41, 5.74) is 3.18. The number of benzene rings is 2. The van der Waals surface area contributed by atoms with Gasteiger partial charge in [-0.1, -0.05) is 49.7 Å². The minimum absolute atomic E-state index is 0.302. The van der Waals surface area contributed by atoms with Crippen LogP contribution < -0.4 is 5.46 Å². The molecule has 1 fully saturated rings. The Balaban J connectivity index is 1.78. The fourth-order valence-corrected chi connectivity index (χ4v) is 3.66. The minimum atomic E-state index is -0.494. The second-order valence-corrected chi connectivity index (χ2v) is 9.16. The molecule has 0 aliphatic carbocycles. The van der Waals surface area contributed by atoms with Crippen LogP contribution in [0.2, 0.25) is 0 Å². The van der Waals surface area contributed by atoms with Crippen LogP contribution in [-0.4, -0.2) is 30.0 Å². The Kier molecular flexibility index (Phi) is 7.28. The third kappa shape index (κ3) is 5.26. The summed E-state index contributed by atoms with van der Waals surface area (Å²) in [5.74, 6) is 0.302. The molecule has 1 aliphatic heterocycles. The number of unbranched alkanes of at least 4 members (excludes halogenated alkanes) is 1. The highest BCUT2D eigenvalue weighted by Gasteiger charge is 2.52. The largest absolute Gasteiger partial charge is 0.508 e. The van der Waals surface area contributed by atoms with Gasteiger partial charge in [-0.2, -0.15) is 0 Å². The van der Waals surface area contributed by atoms with E-state index >= 15 is 0 Å². The van der Waals surface area contributed by atoms with Gasteiger partial charge in [0.1, 0.15) is 5.75 Å². The van der Waals surface area contributed by atoms with Crippen molar-refractivity contribution in [1.82, 2.24) is 0 Å². The molecule has 1 aliphatic rings. The van der Waals surface area contributed by atoms with E-state index in [1.165, 1.54) is 0 Å². The van der Waals surface area contributed by atoms with E-state index in [9.17, 15) is 5.11 Å². The van der Waals surface area contributed by atoms with E-state index in [1.807, 2.05) is 24.3 Å². The van der Waals surface area contributed by atoms with Gasteiger partial charge < -0.3 is 19.2 Å². The summed E-state index contributed by atoms with van der Waals surface area (Å²) in [5, 5.41) is 10.8. The SMILES string of the molecule is CCCCc1cc(O)c(CCOCc2ccccc2)c(B2OC(C)(C)C(C)(C)O2)c1. The first-order valence-electron chi connectivity index (χ1n) is 11.1. The fourth-order valence-electron chi connectivity index (χ4n) is 3.66. The van der Waals surface area contributed by atoms with Gasteiger partial charge in [-0.15, -0.1) is 0 Å². The van der Waals surface area contributed by atoms with Crippen molar-refractivity contribution in [3.05, 3.63) is 59.2 Å². The summed E-state index contributed by atoms with van der Waals surface area (Å²) < 4.78 is 18.5. The molecule has 0 unspecified atom stereocenters. The molecule has 1 N–H and O–H groups in total. The summed E-state index contributed by atoms with van der Waals surface area (Å²) in [4.78, 5) is 0. The van der Waals surface area contributed by atoms with Crippen molar-refractivity contribution < 1.29 is 19.2 Å². The maximum absolute atomic E-state index is 10.8. The zero-order valence-electron chi connectivity index (χ0n) is 19.0. The number of aryl methyl sites for hydroxylation is 1. The van der Waals surface area contributed by atoms with Crippen molar-refractivity contribution in [3.63, 3.8) is 0 Å². The summed E-state index contributed by atoms with van der Waals surface area (Å²) in [6.45, 7) is 11.5. The third-order valence-electron chi connectivity index (χ3n) is 6.25. The minimum Gasteiger partial charge on any atom is -0.508 e. The van der Waals surface area contributed by atoms with Gasteiger partial charge in [-0.05, 0) is 75.2 Å². The average Bonchev–Trinajstić information content (AvgIpc) is 2.92. The molecule has 1 saturated heterocycles. The molecular weight excluding hydrogens is 375 g/mol. The van der Waals surface area contributed by atoms with Crippen LogP contribution in [0.5, 0.6) is 5.75 Å². The van der Waals surface area contributed by atoms with Gasteiger partial charge in [-0.25, -0.2) is 0 Å². The topological polar surface area (TPSA) is 47.9 Å². The van der Waals surface area contributed by atoms with Gasteiger partial charge >= 0.3 is 7.12 Å². The third-order valence-corrected chi connectivity index (χ3v) is 6.25. The highest BCUT2D eigenvalue weighted by atomic mass is 16.7. The molecule has 0 radical (unpaired) electrons. The van der Waals surface area contributed by atoms with Gasteiger partial charge in [-0.3, -0.25) is 0 Å². The number of hydrogen-bond donors (Lipinski definition) is 1. The predicted octanol–water partition coefficient (Wildman–Crippen LogP) is 4.79. The van der Waals surface area contributed by atoms with Crippen LogP contribution in [-0.2, 0) is 33.5 Å². The van der Waals surface area contributed by atoms with Crippen LogP contribution in [0.1, 0.15) is 64.2 Å². The normalized spacial score (nSPS) is 17.4. The van der Waals surface area contributed by atoms with E-state index in [-0.39, 0.29) is 0 Å². The summed E-state index contributed by atoms with van der Waals surface area (Å²) >= 11 is 0. The van der Waals surface area contributed by atoms with Gasteiger partial charge in [0.05, 0.1) is 24.4 Å². The van der Waals surface area contributed by atoms with Crippen LogP contribution in [0.15, 0.2) is 42.5 Å². The van der Waals surface area contributed by atoms with Gasteiger partial charge in [0.25, 0.3) is 0 Å². The van der Waals surface area contributed by atoms with Crippen molar-refractivity contribution in [1.29, 1.82) is 0 Å².